The van der Waals surface area contributed by atoms with E-state index in [-0.39, 0.29) is 6.04 Å². The highest BCUT2D eigenvalue weighted by molar-refractivity contribution is 6.07. The molecule has 0 unspecified atom stereocenters. The summed E-state index contributed by atoms with van der Waals surface area (Å²) in [6.45, 7) is 4.97. The summed E-state index contributed by atoms with van der Waals surface area (Å²) in [5.74, 6) is 1.12. The summed E-state index contributed by atoms with van der Waals surface area (Å²) in [6, 6.07) is 8.55. The molecule has 1 aliphatic carbocycles. The van der Waals surface area contributed by atoms with E-state index in [2.05, 4.69) is 20.6 Å². The Labute approximate surface area is 148 Å². The van der Waals surface area contributed by atoms with E-state index in [1.165, 1.54) is 18.4 Å². The van der Waals surface area contributed by atoms with Crippen LogP contribution in [0.15, 0.2) is 34.3 Å². The van der Waals surface area contributed by atoms with Crippen molar-refractivity contribution in [1.29, 1.82) is 0 Å². The third-order valence-electron chi connectivity index (χ3n) is 3.93. The minimum Gasteiger partial charge on any atom is -0.547 e. The van der Waals surface area contributed by atoms with Crippen molar-refractivity contribution in [3.05, 3.63) is 35.4 Å². The lowest BCUT2D eigenvalue weighted by Gasteiger charge is -2.13. The van der Waals surface area contributed by atoms with Crippen molar-refractivity contribution in [2.75, 3.05) is 13.1 Å². The molecule has 136 valence electrons. The maximum absolute atomic E-state index is 10.6. The van der Waals surface area contributed by atoms with E-state index in [1.807, 2.05) is 38.1 Å². The molecule has 0 saturated heterocycles. The summed E-state index contributed by atoms with van der Waals surface area (Å²) < 4.78 is 0. The Balaban J connectivity index is 2.07. The molecule has 7 nitrogen and oxygen atoms in total. The third-order valence-corrected chi connectivity index (χ3v) is 3.93. The van der Waals surface area contributed by atoms with E-state index in [9.17, 15) is 4.79 Å². The molecule has 1 aliphatic rings. The number of aliphatic imine (C=N–C) groups is 2. The highest BCUT2D eigenvalue weighted by atomic mass is 16.4. The molecule has 1 atom stereocenters. The summed E-state index contributed by atoms with van der Waals surface area (Å²) in [5.41, 5.74) is 8.24. The minimum atomic E-state index is -0.773. The fourth-order valence-electron chi connectivity index (χ4n) is 2.27. The Kier molecular flexibility index (Phi) is 6.94. The number of nitrogens with one attached hydrogen (secondary N) is 2. The summed E-state index contributed by atoms with van der Waals surface area (Å²) in [4.78, 5) is 19.7. The second-order valence-corrected chi connectivity index (χ2v) is 6.38. The predicted octanol–water partition coefficient (Wildman–Crippen LogP) is 1.06. The Hall–Kier alpha value is -2.41. The molecule has 0 spiro atoms. The van der Waals surface area contributed by atoms with Crippen LogP contribution < -0.4 is 16.4 Å². The molecule has 0 aliphatic heterocycles. The highest BCUT2D eigenvalue weighted by Crippen LogP contribution is 2.19. The summed E-state index contributed by atoms with van der Waals surface area (Å²) in [5, 5.41) is 12.7. The first-order valence-corrected chi connectivity index (χ1v) is 8.66. The Morgan fingerprint density at radius 3 is 2.64 bits per heavy atom. The number of nitrogens with two attached hydrogens (primary N) is 1. The molecule has 6 N–H and O–H groups in total. The van der Waals surface area contributed by atoms with Crippen molar-refractivity contribution >= 4 is 17.8 Å². The van der Waals surface area contributed by atoms with Crippen LogP contribution in [0.2, 0.25) is 0 Å². The van der Waals surface area contributed by atoms with Crippen LogP contribution in [0, 0.1) is 6.92 Å². The maximum atomic E-state index is 10.6. The number of rotatable bonds is 8. The first-order chi connectivity index (χ1) is 12.0. The van der Waals surface area contributed by atoms with Gasteiger partial charge in [-0.25, -0.2) is 4.99 Å². The zero-order valence-corrected chi connectivity index (χ0v) is 14.9. The summed E-state index contributed by atoms with van der Waals surface area (Å²) in [7, 11) is 0. The quantitative estimate of drug-likeness (QED) is 0.283. The molecule has 7 heteroatoms. The van der Waals surface area contributed by atoms with Crippen LogP contribution in [0.25, 0.3) is 0 Å². The molecule has 1 saturated carbocycles. The number of hydrogen-bond acceptors (Lipinski definition) is 3. The van der Waals surface area contributed by atoms with Crippen molar-refractivity contribution in [3.8, 4) is 0 Å². The number of benzene rings is 1. The van der Waals surface area contributed by atoms with Crippen molar-refractivity contribution in [1.82, 2.24) is 10.6 Å². The van der Waals surface area contributed by atoms with Gasteiger partial charge in [-0.2, -0.15) is 0 Å². The number of nitrogens with zero attached hydrogens (tertiary/aromatic N) is 2. The smallest absolute Gasteiger partial charge is 0.547 e. The minimum absolute atomic E-state index is 0.00533. The van der Waals surface area contributed by atoms with Gasteiger partial charge in [-0.1, -0.05) is 29.8 Å². The number of aryl methyl sites for hydroxylation is 1. The zero-order valence-electron chi connectivity index (χ0n) is 14.9. The molecule has 0 aromatic heterocycles. The number of carbonyl (C=O) groups excluding carboxylic acids is 1. The second kappa shape index (κ2) is 9.17. The summed E-state index contributed by atoms with van der Waals surface area (Å²) in [6.07, 6.45) is 2.26. The average molecular weight is 346 g/mol. The average Bonchev–Trinajstić information content (AvgIpc) is 3.37. The van der Waals surface area contributed by atoms with Crippen LogP contribution >= 0.6 is 0 Å². The van der Waals surface area contributed by atoms with E-state index in [4.69, 9.17) is 10.8 Å². The van der Waals surface area contributed by atoms with Gasteiger partial charge in [-0.15, -0.1) is 0 Å². The number of amidine groups is 2. The van der Waals surface area contributed by atoms with Gasteiger partial charge in [-0.3, -0.25) is 10.3 Å². The molecule has 1 amide bonds. The van der Waals surface area contributed by atoms with E-state index < -0.39 is 6.09 Å². The lowest BCUT2D eigenvalue weighted by molar-refractivity contribution is 0.194. The molecular formula is C18H28N5O2+. The molecular weight excluding hydrogens is 318 g/mol. The number of hydrogen-bond donors (Lipinski definition) is 3. The van der Waals surface area contributed by atoms with Crippen molar-refractivity contribution in [3.63, 3.8) is 0 Å². The Morgan fingerprint density at radius 1 is 1.36 bits per heavy atom. The molecule has 1 aromatic carbocycles. The fraction of sp³-hybridized carbons (Fsp3) is 0.500. The monoisotopic (exact) mass is 346 g/mol. The van der Waals surface area contributed by atoms with Gasteiger partial charge >= 0.3 is 6.09 Å². The van der Waals surface area contributed by atoms with Gasteiger partial charge in [-0.05, 0) is 33.1 Å². The van der Waals surface area contributed by atoms with Crippen molar-refractivity contribution < 1.29 is 9.90 Å². The molecule has 1 aromatic rings. The number of carbonyl (C=O) groups is 1. The molecule has 2 rings (SSSR count). The van der Waals surface area contributed by atoms with Crippen LogP contribution in [0.4, 0.5) is 4.79 Å². The zero-order chi connectivity index (χ0) is 18.2. The van der Waals surface area contributed by atoms with E-state index in [0.717, 1.165) is 5.56 Å². The van der Waals surface area contributed by atoms with E-state index >= 15 is 0 Å². The van der Waals surface area contributed by atoms with Crippen LogP contribution in [0.3, 0.4) is 0 Å². The summed E-state index contributed by atoms with van der Waals surface area (Å²) >= 11 is 0. The molecule has 1 fully saturated rings. The topological polar surface area (TPSA) is 115 Å². The van der Waals surface area contributed by atoms with Gasteiger partial charge in [0.05, 0.1) is 10.8 Å². The standard InChI is InChI=1S/C18H27N5O2/c1-12-4-6-14(7-5-12)17(20-10-3-11-21-18(24)25)23-16(19)13(2)22-15-8-9-15/h4-7,13,15,21-22H,3,8-11H2,1-2H3,(H,24,25)(H2,19,20,23)/p+1/t13-/m1/s1. The van der Waals surface area contributed by atoms with E-state index in [0.29, 0.717) is 37.2 Å². The Morgan fingerprint density at radius 2 is 2.04 bits per heavy atom. The third kappa shape index (κ3) is 6.93. The van der Waals surface area contributed by atoms with E-state index in [1.54, 1.807) is 0 Å². The SMILES string of the molecule is Cc1ccc(C(=NCCCNC(=O)[OH2+])N=C(N)[C@@H](C)NC2CC2)cc1. The van der Waals surface area contributed by atoms with Gasteiger partial charge in [0.1, 0.15) is 5.84 Å². The fourth-order valence-corrected chi connectivity index (χ4v) is 2.27. The van der Waals surface area contributed by atoms with Crippen LogP contribution in [-0.4, -0.2) is 48.0 Å². The van der Waals surface area contributed by atoms with Crippen LogP contribution in [0.5, 0.6) is 0 Å². The van der Waals surface area contributed by atoms with Gasteiger partial charge in [0.2, 0.25) is 0 Å². The molecule has 25 heavy (non-hydrogen) atoms. The van der Waals surface area contributed by atoms with Crippen LogP contribution in [-0.2, 0) is 0 Å². The van der Waals surface area contributed by atoms with Crippen LogP contribution in [0.1, 0.15) is 37.3 Å². The highest BCUT2D eigenvalue weighted by Gasteiger charge is 2.24. The molecule has 0 heterocycles. The molecule has 0 radical (unpaired) electrons. The maximum Gasteiger partial charge on any atom is 0.626 e. The first-order valence-electron chi connectivity index (χ1n) is 8.66. The Bertz CT molecular complexity index is 635. The number of amides is 1. The molecule has 0 bridgehead atoms. The van der Waals surface area contributed by atoms with Gasteiger partial charge in [0.25, 0.3) is 0 Å². The normalized spacial score (nSPS) is 16.6. The first kappa shape index (κ1) is 18.9. The van der Waals surface area contributed by atoms with Gasteiger partial charge in [0, 0.05) is 24.7 Å². The lowest BCUT2D eigenvalue weighted by atomic mass is 10.1. The van der Waals surface area contributed by atoms with Gasteiger partial charge in [0.15, 0.2) is 5.84 Å². The predicted molar refractivity (Wildman–Crippen MR) is 101 cm³/mol. The van der Waals surface area contributed by atoms with Crippen molar-refractivity contribution in [2.24, 2.45) is 15.7 Å². The van der Waals surface area contributed by atoms with Gasteiger partial charge < -0.3 is 16.2 Å². The lowest BCUT2D eigenvalue weighted by Crippen LogP contribution is -2.40. The largest absolute Gasteiger partial charge is 0.626 e. The van der Waals surface area contributed by atoms with Crippen molar-refractivity contribution in [2.45, 2.75) is 45.2 Å². The second-order valence-electron chi connectivity index (χ2n) is 6.38.